The molecule has 0 aliphatic carbocycles. The molecule has 0 spiro atoms. The van der Waals surface area contributed by atoms with Gasteiger partial charge in [0, 0.05) is 16.5 Å². The summed E-state index contributed by atoms with van der Waals surface area (Å²) in [5.41, 5.74) is -0.983. The number of carboxylic acids is 1. The molecule has 0 bridgehead atoms. The first kappa shape index (κ1) is 26.3. The van der Waals surface area contributed by atoms with Crippen molar-refractivity contribution in [3.8, 4) is 34.7 Å². The monoisotopic (exact) mass is 495 g/mol. The molecule has 2 aromatic carbocycles. The quantitative estimate of drug-likeness (QED) is 0.329. The summed E-state index contributed by atoms with van der Waals surface area (Å²) in [7, 11) is -4.04. The molecular formula is C27H27FNO5P. The number of terminal acetylenes is 1. The van der Waals surface area contributed by atoms with E-state index in [4.69, 9.17) is 11.4 Å². The maximum absolute atomic E-state index is 13.8. The van der Waals surface area contributed by atoms with Gasteiger partial charge in [-0.1, -0.05) is 69.2 Å². The van der Waals surface area contributed by atoms with Crippen LogP contribution in [0.4, 0.5) is 4.39 Å². The predicted octanol–water partition coefficient (Wildman–Crippen LogP) is 4.98. The van der Waals surface area contributed by atoms with Crippen molar-refractivity contribution in [2.75, 3.05) is 0 Å². The molecule has 0 radical (unpaired) electrons. The highest BCUT2D eigenvalue weighted by molar-refractivity contribution is 7.42. The zero-order valence-corrected chi connectivity index (χ0v) is 20.8. The number of aliphatic carboxylic acids is 1. The van der Waals surface area contributed by atoms with E-state index in [-0.39, 0.29) is 11.3 Å². The number of hydrogen-bond acceptors (Lipinski definition) is 4. The van der Waals surface area contributed by atoms with Crippen LogP contribution >= 0.6 is 8.03 Å². The van der Waals surface area contributed by atoms with Crippen LogP contribution in [-0.4, -0.2) is 31.2 Å². The van der Waals surface area contributed by atoms with Crippen LogP contribution in [0.2, 0.25) is 0 Å². The number of nitrogens with zero attached hydrogens (tertiary/aromatic N) is 1. The van der Waals surface area contributed by atoms with Crippen molar-refractivity contribution in [1.82, 2.24) is 4.98 Å². The molecule has 182 valence electrons. The van der Waals surface area contributed by atoms with E-state index in [1.54, 1.807) is 6.07 Å². The number of carbonyl (C=O) groups is 1. The Morgan fingerprint density at radius 1 is 1.03 bits per heavy atom. The fraction of sp³-hybridized carbons (Fsp3) is 0.259. The molecule has 8 heteroatoms. The van der Waals surface area contributed by atoms with E-state index in [2.05, 4.69) is 0 Å². The second-order valence-corrected chi connectivity index (χ2v) is 10.8. The summed E-state index contributed by atoms with van der Waals surface area (Å²) in [6.07, 6.45) is 5.53. The first-order valence-corrected chi connectivity index (χ1v) is 12.2. The van der Waals surface area contributed by atoms with Crippen LogP contribution in [0.3, 0.4) is 0 Å². The minimum absolute atomic E-state index is 0.0101. The number of hydrogen-bond donors (Lipinski definition) is 3. The van der Waals surface area contributed by atoms with E-state index in [1.807, 2.05) is 57.0 Å². The zero-order chi connectivity index (χ0) is 26.2. The highest BCUT2D eigenvalue weighted by Crippen LogP contribution is 2.53. The molecule has 0 aliphatic rings. The molecule has 1 heterocycles. The molecule has 3 unspecified atom stereocenters. The van der Waals surface area contributed by atoms with Gasteiger partial charge >= 0.3 is 5.97 Å². The molecule has 3 atom stereocenters. The van der Waals surface area contributed by atoms with Crippen LogP contribution in [0, 0.1) is 18.2 Å². The lowest BCUT2D eigenvalue weighted by Crippen LogP contribution is -2.53. The van der Waals surface area contributed by atoms with Crippen LogP contribution < -0.4 is 0 Å². The Balaban J connectivity index is 2.56. The van der Waals surface area contributed by atoms with Gasteiger partial charge < -0.3 is 15.1 Å². The summed E-state index contributed by atoms with van der Waals surface area (Å²) in [4.78, 5) is 27.3. The molecule has 3 rings (SSSR count). The number of rotatable bonds is 6. The smallest absolute Gasteiger partial charge is 0.335 e. The molecule has 0 saturated carbocycles. The van der Waals surface area contributed by atoms with E-state index in [9.17, 15) is 28.9 Å². The normalized spacial score (nSPS) is 15.9. The Hall–Kier alpha value is -3.30. The minimum Gasteiger partial charge on any atom is -0.480 e. The van der Waals surface area contributed by atoms with Crippen LogP contribution in [-0.2, 0) is 20.4 Å². The van der Waals surface area contributed by atoms with E-state index in [0.717, 1.165) is 12.5 Å². The number of halogens is 1. The van der Waals surface area contributed by atoms with Crippen LogP contribution in [0.1, 0.15) is 39.0 Å². The Kier molecular flexibility index (Phi) is 7.06. The third kappa shape index (κ3) is 4.53. The standard InChI is InChI=1S/C27H27FNO5P/c1-6-27(24(30)31,35(33)34)26(5,32)22-20(17-12-14-19(28)15-13-17)16-21(18-10-8-7-9-11-18)29-23(22)25(2,3)4/h1,7-16,32,35H,2-5H3,(H,30,31)(H,33,34). The first-order valence-electron chi connectivity index (χ1n) is 10.8. The maximum Gasteiger partial charge on any atom is 0.335 e. The predicted molar refractivity (Wildman–Crippen MR) is 134 cm³/mol. The number of aliphatic hydroxyl groups is 1. The van der Waals surface area contributed by atoms with Crippen LogP contribution in [0.25, 0.3) is 22.4 Å². The summed E-state index contributed by atoms with van der Waals surface area (Å²) in [6, 6.07) is 16.3. The lowest BCUT2D eigenvalue weighted by atomic mass is 9.73. The third-order valence-electron chi connectivity index (χ3n) is 6.03. The topological polar surface area (TPSA) is 108 Å². The Morgan fingerprint density at radius 2 is 1.60 bits per heavy atom. The van der Waals surface area contributed by atoms with Gasteiger partial charge in [0.05, 0.1) is 11.4 Å². The van der Waals surface area contributed by atoms with Gasteiger partial charge in [-0.05, 0) is 36.2 Å². The van der Waals surface area contributed by atoms with Crippen molar-refractivity contribution in [3.63, 3.8) is 0 Å². The largest absolute Gasteiger partial charge is 0.480 e. The Bertz CT molecular complexity index is 1310. The van der Waals surface area contributed by atoms with Crippen molar-refractivity contribution in [2.24, 2.45) is 0 Å². The molecule has 0 aliphatic heterocycles. The van der Waals surface area contributed by atoms with Gasteiger partial charge in [-0.3, -0.25) is 9.55 Å². The molecule has 3 aromatic rings. The molecule has 3 N–H and O–H groups in total. The summed E-state index contributed by atoms with van der Waals surface area (Å²) in [6.45, 7) is 6.57. The number of carboxylic acid groups (broad SMARTS) is 1. The van der Waals surface area contributed by atoms with Crippen molar-refractivity contribution in [3.05, 3.63) is 77.7 Å². The molecule has 0 saturated heterocycles. The maximum atomic E-state index is 13.8. The van der Waals surface area contributed by atoms with Crippen LogP contribution in [0.5, 0.6) is 0 Å². The molecule has 0 fully saturated rings. The van der Waals surface area contributed by atoms with Crippen molar-refractivity contribution in [2.45, 2.75) is 43.9 Å². The van der Waals surface area contributed by atoms with Gasteiger partial charge in [0.25, 0.3) is 0 Å². The lowest BCUT2D eigenvalue weighted by molar-refractivity contribution is -0.145. The van der Waals surface area contributed by atoms with Crippen molar-refractivity contribution >= 4 is 14.0 Å². The van der Waals surface area contributed by atoms with Gasteiger partial charge in [0.15, 0.2) is 0 Å². The lowest BCUT2D eigenvalue weighted by Gasteiger charge is -2.40. The average Bonchev–Trinajstić information content (AvgIpc) is 2.79. The van der Waals surface area contributed by atoms with Gasteiger partial charge in [0.2, 0.25) is 13.2 Å². The van der Waals surface area contributed by atoms with Crippen molar-refractivity contribution in [1.29, 1.82) is 0 Å². The summed E-state index contributed by atoms with van der Waals surface area (Å²) < 4.78 is 26.3. The van der Waals surface area contributed by atoms with E-state index < -0.39 is 36.0 Å². The zero-order valence-electron chi connectivity index (χ0n) is 19.8. The van der Waals surface area contributed by atoms with E-state index in [0.29, 0.717) is 16.8 Å². The first-order chi connectivity index (χ1) is 16.3. The van der Waals surface area contributed by atoms with E-state index in [1.165, 1.54) is 24.3 Å². The fourth-order valence-electron chi connectivity index (χ4n) is 4.15. The molecule has 35 heavy (non-hydrogen) atoms. The molecule has 6 nitrogen and oxygen atoms in total. The average molecular weight is 495 g/mol. The fourth-order valence-corrected chi connectivity index (χ4v) is 5.00. The number of benzene rings is 2. The summed E-state index contributed by atoms with van der Waals surface area (Å²) in [5.74, 6) is -0.387. The second kappa shape index (κ2) is 9.39. The third-order valence-corrected chi connectivity index (χ3v) is 7.52. The molecular weight excluding hydrogens is 468 g/mol. The van der Waals surface area contributed by atoms with Gasteiger partial charge in [-0.25, -0.2) is 9.18 Å². The number of aromatic nitrogens is 1. The second-order valence-electron chi connectivity index (χ2n) is 9.48. The van der Waals surface area contributed by atoms with Gasteiger partial charge in [-0.2, -0.15) is 0 Å². The Labute approximate surface area is 204 Å². The summed E-state index contributed by atoms with van der Waals surface area (Å²) in [5, 5.41) is 19.0. The molecule has 1 aromatic heterocycles. The van der Waals surface area contributed by atoms with Gasteiger partial charge in [-0.15, -0.1) is 6.42 Å². The highest BCUT2D eigenvalue weighted by Gasteiger charge is 2.60. The highest BCUT2D eigenvalue weighted by atomic mass is 31.1. The van der Waals surface area contributed by atoms with Crippen molar-refractivity contribution < 1.29 is 28.9 Å². The SMILES string of the molecule is C#CC(C(=O)O)([PH](=O)O)C(C)(O)c1c(-c2ccc(F)cc2)cc(-c2ccccc2)nc1C(C)(C)C. The Morgan fingerprint density at radius 3 is 2.06 bits per heavy atom. The summed E-state index contributed by atoms with van der Waals surface area (Å²) >= 11 is 0. The van der Waals surface area contributed by atoms with Crippen LogP contribution in [0.15, 0.2) is 60.7 Å². The minimum atomic E-state index is -4.04. The van der Waals surface area contributed by atoms with Gasteiger partial charge in [0.1, 0.15) is 11.4 Å². The van der Waals surface area contributed by atoms with E-state index >= 15 is 0 Å². The molecule has 0 amide bonds. The number of pyridine rings is 1.